The van der Waals surface area contributed by atoms with Gasteiger partial charge in [-0.25, -0.2) is 18.6 Å². The minimum atomic E-state index is -1.25. The molecular weight excluding hydrogens is 346 g/mol. The fraction of sp³-hybridized carbons (Fsp3) is 0.125. The Labute approximate surface area is 146 Å². The average Bonchev–Trinajstić information content (AvgIpc) is 3.01. The molecule has 0 saturated carbocycles. The van der Waals surface area contributed by atoms with Gasteiger partial charge in [0.25, 0.3) is 0 Å². The number of carboxylic acid groups (broad SMARTS) is 1. The van der Waals surface area contributed by atoms with E-state index in [0.29, 0.717) is 5.69 Å². The summed E-state index contributed by atoms with van der Waals surface area (Å²) in [4.78, 5) is 19.4. The van der Waals surface area contributed by atoms with E-state index in [1.165, 1.54) is 12.1 Å². The van der Waals surface area contributed by atoms with Crippen molar-refractivity contribution in [2.45, 2.75) is 6.54 Å². The van der Waals surface area contributed by atoms with Crippen LogP contribution in [0.5, 0.6) is 0 Å². The van der Waals surface area contributed by atoms with Crippen molar-refractivity contribution in [1.82, 2.24) is 19.7 Å². The third-order valence-corrected chi connectivity index (χ3v) is 3.46. The highest BCUT2D eigenvalue weighted by Gasteiger charge is 2.15. The Kier molecular flexibility index (Phi) is 4.74. The van der Waals surface area contributed by atoms with Crippen LogP contribution in [-0.4, -0.2) is 30.8 Å². The second-order valence-corrected chi connectivity index (χ2v) is 5.36. The number of anilines is 3. The average molecular weight is 360 g/mol. The number of carbonyl (C=O) groups is 1. The van der Waals surface area contributed by atoms with Crippen molar-refractivity contribution < 1.29 is 18.7 Å². The van der Waals surface area contributed by atoms with Gasteiger partial charge in [0.05, 0.1) is 11.9 Å². The second kappa shape index (κ2) is 7.13. The topological polar surface area (TPSA) is 105 Å². The molecule has 2 heterocycles. The number of nitrogens with one attached hydrogen (secondary N) is 2. The second-order valence-electron chi connectivity index (χ2n) is 5.36. The quantitative estimate of drug-likeness (QED) is 0.620. The lowest BCUT2D eigenvalue weighted by Gasteiger charge is -2.11. The molecule has 2 aromatic heterocycles. The monoisotopic (exact) mass is 360 g/mol. The number of rotatable bonds is 6. The van der Waals surface area contributed by atoms with Gasteiger partial charge in [0, 0.05) is 31.5 Å². The van der Waals surface area contributed by atoms with Crippen LogP contribution in [0.25, 0.3) is 0 Å². The van der Waals surface area contributed by atoms with E-state index in [0.717, 1.165) is 12.3 Å². The Hall–Kier alpha value is -3.56. The van der Waals surface area contributed by atoms with Crippen LogP contribution in [-0.2, 0) is 13.6 Å². The molecule has 0 aliphatic rings. The normalized spacial score (nSPS) is 10.6. The summed E-state index contributed by atoms with van der Waals surface area (Å²) in [6.07, 6.45) is 4.35. The maximum absolute atomic E-state index is 13.7. The predicted octanol–water partition coefficient (Wildman–Crippen LogP) is 2.54. The minimum Gasteiger partial charge on any atom is -0.477 e. The first-order valence-corrected chi connectivity index (χ1v) is 7.47. The number of benzene rings is 1. The van der Waals surface area contributed by atoms with Crippen LogP contribution in [0.3, 0.4) is 0 Å². The molecule has 0 aliphatic carbocycles. The van der Waals surface area contributed by atoms with Crippen LogP contribution >= 0.6 is 0 Å². The number of nitrogens with zero attached hydrogens (tertiary/aromatic N) is 4. The van der Waals surface area contributed by atoms with E-state index in [1.54, 1.807) is 24.1 Å². The van der Waals surface area contributed by atoms with Crippen LogP contribution in [0.4, 0.5) is 26.2 Å². The number of aromatic carboxylic acids is 1. The molecule has 3 aromatic rings. The third kappa shape index (κ3) is 3.74. The molecule has 1 aromatic carbocycles. The maximum atomic E-state index is 13.7. The number of hydrogen-bond acceptors (Lipinski definition) is 6. The lowest BCUT2D eigenvalue weighted by molar-refractivity contribution is 0.0697. The van der Waals surface area contributed by atoms with E-state index in [9.17, 15) is 18.7 Å². The van der Waals surface area contributed by atoms with Crippen molar-refractivity contribution in [2.75, 3.05) is 10.6 Å². The van der Waals surface area contributed by atoms with Gasteiger partial charge in [-0.2, -0.15) is 10.1 Å². The molecule has 3 N–H and O–H groups in total. The molecule has 0 saturated heterocycles. The fourth-order valence-corrected chi connectivity index (χ4v) is 2.21. The number of aryl methyl sites for hydroxylation is 1. The molecule has 0 atom stereocenters. The summed E-state index contributed by atoms with van der Waals surface area (Å²) in [6, 6.07) is 3.76. The zero-order chi connectivity index (χ0) is 18.7. The molecule has 8 nitrogen and oxygen atoms in total. The summed E-state index contributed by atoms with van der Waals surface area (Å²) in [5.74, 6) is -3.13. The van der Waals surface area contributed by atoms with E-state index in [-0.39, 0.29) is 29.4 Å². The third-order valence-electron chi connectivity index (χ3n) is 3.46. The molecule has 0 unspecified atom stereocenters. The summed E-state index contributed by atoms with van der Waals surface area (Å²) in [5.41, 5.74) is 0.456. The minimum absolute atomic E-state index is 0.0254. The molecule has 0 amide bonds. The molecule has 0 fully saturated rings. The summed E-state index contributed by atoms with van der Waals surface area (Å²) in [5, 5.41) is 18.8. The highest BCUT2D eigenvalue weighted by Crippen LogP contribution is 2.19. The molecule has 10 heteroatoms. The molecule has 0 bridgehead atoms. The first-order chi connectivity index (χ1) is 12.4. The molecule has 26 heavy (non-hydrogen) atoms. The van der Waals surface area contributed by atoms with Gasteiger partial charge in [-0.15, -0.1) is 0 Å². The van der Waals surface area contributed by atoms with Gasteiger partial charge >= 0.3 is 5.97 Å². The Balaban J connectivity index is 1.84. The molecule has 134 valence electrons. The van der Waals surface area contributed by atoms with Crippen LogP contribution in [0.2, 0.25) is 0 Å². The van der Waals surface area contributed by atoms with Crippen LogP contribution in [0, 0.1) is 11.6 Å². The highest BCUT2D eigenvalue weighted by molar-refractivity contribution is 5.93. The van der Waals surface area contributed by atoms with Gasteiger partial charge in [-0.05, 0) is 6.07 Å². The Bertz CT molecular complexity index is 960. The lowest BCUT2D eigenvalue weighted by Crippen LogP contribution is -2.12. The standard InChI is InChI=1S/C16H14F2N6O2/c1-24-8-10(6-21-24)22-16-20-7-11(15(25)26)14(23-16)19-5-9-3-2-4-12(17)13(9)18/h2-4,6-8H,5H2,1H3,(H,25,26)(H2,19,20,22,23). The molecule has 3 rings (SSSR count). The summed E-state index contributed by atoms with van der Waals surface area (Å²) in [7, 11) is 1.74. The first-order valence-electron chi connectivity index (χ1n) is 7.47. The van der Waals surface area contributed by atoms with Gasteiger partial charge in [0.2, 0.25) is 5.95 Å². The van der Waals surface area contributed by atoms with Gasteiger partial charge in [0.1, 0.15) is 11.4 Å². The summed E-state index contributed by atoms with van der Waals surface area (Å²) in [6.45, 7) is -0.146. The molecule has 0 radical (unpaired) electrons. The van der Waals surface area contributed by atoms with Gasteiger partial charge in [0.15, 0.2) is 11.6 Å². The smallest absolute Gasteiger partial charge is 0.341 e. The predicted molar refractivity (Wildman–Crippen MR) is 89.2 cm³/mol. The SMILES string of the molecule is Cn1cc(Nc2ncc(C(=O)O)c(NCc3cccc(F)c3F)n2)cn1. The van der Waals surface area contributed by atoms with Crippen molar-refractivity contribution in [3.05, 3.63) is 59.6 Å². The van der Waals surface area contributed by atoms with Crippen molar-refractivity contribution in [3.63, 3.8) is 0 Å². The van der Waals surface area contributed by atoms with E-state index in [2.05, 4.69) is 25.7 Å². The van der Waals surface area contributed by atoms with Gasteiger partial charge < -0.3 is 15.7 Å². The lowest BCUT2D eigenvalue weighted by atomic mass is 10.2. The van der Waals surface area contributed by atoms with E-state index in [1.807, 2.05) is 0 Å². The summed E-state index contributed by atoms with van der Waals surface area (Å²) >= 11 is 0. The van der Waals surface area contributed by atoms with Crippen LogP contribution in [0.1, 0.15) is 15.9 Å². The Morgan fingerprint density at radius 1 is 1.31 bits per heavy atom. The number of aromatic nitrogens is 4. The van der Waals surface area contributed by atoms with Crippen molar-refractivity contribution in [1.29, 1.82) is 0 Å². The van der Waals surface area contributed by atoms with Crippen molar-refractivity contribution in [3.8, 4) is 0 Å². The largest absolute Gasteiger partial charge is 0.477 e. The first kappa shape index (κ1) is 17.3. The molecular formula is C16H14F2N6O2. The van der Waals surface area contributed by atoms with Gasteiger partial charge in [-0.3, -0.25) is 4.68 Å². The summed E-state index contributed by atoms with van der Waals surface area (Å²) < 4.78 is 28.6. The Morgan fingerprint density at radius 3 is 2.81 bits per heavy atom. The van der Waals surface area contributed by atoms with Crippen LogP contribution < -0.4 is 10.6 Å². The number of hydrogen-bond donors (Lipinski definition) is 3. The highest BCUT2D eigenvalue weighted by atomic mass is 19.2. The zero-order valence-electron chi connectivity index (χ0n) is 13.6. The van der Waals surface area contributed by atoms with E-state index >= 15 is 0 Å². The van der Waals surface area contributed by atoms with Crippen molar-refractivity contribution >= 4 is 23.4 Å². The number of halogens is 2. The fourth-order valence-electron chi connectivity index (χ4n) is 2.21. The molecule has 0 spiro atoms. The number of carboxylic acids is 1. The maximum Gasteiger partial charge on any atom is 0.341 e. The molecule has 0 aliphatic heterocycles. The van der Waals surface area contributed by atoms with Crippen molar-refractivity contribution in [2.24, 2.45) is 7.05 Å². The van der Waals surface area contributed by atoms with E-state index in [4.69, 9.17) is 0 Å². The zero-order valence-corrected chi connectivity index (χ0v) is 13.6. The van der Waals surface area contributed by atoms with E-state index < -0.39 is 17.6 Å². The van der Waals surface area contributed by atoms with Gasteiger partial charge in [-0.1, -0.05) is 12.1 Å². The van der Waals surface area contributed by atoms with Crippen LogP contribution in [0.15, 0.2) is 36.8 Å². The Morgan fingerprint density at radius 2 is 2.12 bits per heavy atom.